The monoisotopic (exact) mass is 322 g/mol. The van der Waals surface area contributed by atoms with Crippen LogP contribution in [0.4, 0.5) is 5.82 Å². The minimum atomic E-state index is -3.98. The summed E-state index contributed by atoms with van der Waals surface area (Å²) in [6, 6.07) is 1.68. The number of carboxylic acid groups (broad SMARTS) is 1. The molecule has 0 aromatic carbocycles. The highest BCUT2D eigenvalue weighted by Gasteiger charge is 2.28. The van der Waals surface area contributed by atoms with Gasteiger partial charge in [-0.2, -0.15) is 0 Å². The van der Waals surface area contributed by atoms with E-state index in [4.69, 9.17) is 5.11 Å². The second kappa shape index (κ2) is 5.01. The summed E-state index contributed by atoms with van der Waals surface area (Å²) in [7, 11) is -3.98. The average molecular weight is 323 g/mol. The highest BCUT2D eigenvalue weighted by Crippen LogP contribution is 2.18. The normalized spacial score (nSPS) is 13.1. The van der Waals surface area contributed by atoms with Crippen molar-refractivity contribution in [2.45, 2.75) is 19.1 Å². The molecule has 0 amide bonds. The molecule has 1 atom stereocenters. The van der Waals surface area contributed by atoms with Crippen LogP contribution in [0.25, 0.3) is 0 Å². The van der Waals surface area contributed by atoms with E-state index in [2.05, 4.69) is 25.6 Å². The van der Waals surface area contributed by atoms with E-state index in [9.17, 15) is 13.2 Å². The number of nitrogens with zero attached hydrogens (tertiary/aromatic N) is 1. The number of aromatic nitrogens is 1. The molecule has 1 rings (SSSR count). The molecule has 6 nitrogen and oxygen atoms in total. The molecule has 0 spiro atoms. The molecule has 0 saturated carbocycles. The van der Waals surface area contributed by atoms with Gasteiger partial charge in [0.2, 0.25) is 10.0 Å². The molecule has 0 aliphatic carbocycles. The number of halogens is 1. The molecule has 1 unspecified atom stereocenters. The number of rotatable bonds is 4. The van der Waals surface area contributed by atoms with Gasteiger partial charge in [0.25, 0.3) is 0 Å². The number of sulfonamides is 1. The molecule has 1 heterocycles. The lowest BCUT2D eigenvalue weighted by Crippen LogP contribution is -2.32. The van der Waals surface area contributed by atoms with E-state index in [1.807, 2.05) is 0 Å². The Morgan fingerprint density at radius 3 is 2.65 bits per heavy atom. The van der Waals surface area contributed by atoms with Gasteiger partial charge >= 0.3 is 5.97 Å². The SMILES string of the molecule is Cc1cc(Br)cnc1NS(=O)(=O)C(C)C(=O)O. The Balaban J connectivity index is 3.02. The van der Waals surface area contributed by atoms with Gasteiger partial charge in [-0.25, -0.2) is 13.4 Å². The number of carbonyl (C=O) groups is 1. The average Bonchev–Trinajstić information content (AvgIpc) is 2.21. The molecule has 1 aromatic heterocycles. The number of hydrogen-bond acceptors (Lipinski definition) is 4. The molecule has 0 saturated heterocycles. The summed E-state index contributed by atoms with van der Waals surface area (Å²) in [5.41, 5.74) is 0.598. The third-order valence-corrected chi connectivity index (χ3v) is 4.14. The molecule has 0 aliphatic heterocycles. The number of carboxylic acids is 1. The maximum atomic E-state index is 11.6. The Hall–Kier alpha value is -1.15. The molecule has 0 aliphatic rings. The molecule has 0 bridgehead atoms. The van der Waals surface area contributed by atoms with Gasteiger partial charge in [-0.1, -0.05) is 0 Å². The zero-order valence-electron chi connectivity index (χ0n) is 9.14. The van der Waals surface area contributed by atoms with Gasteiger partial charge in [0.15, 0.2) is 5.25 Å². The van der Waals surface area contributed by atoms with Crippen LogP contribution in [0.2, 0.25) is 0 Å². The summed E-state index contributed by atoms with van der Waals surface area (Å²) < 4.78 is 26.1. The van der Waals surface area contributed by atoms with Gasteiger partial charge in [0, 0.05) is 10.7 Å². The fourth-order valence-corrected chi connectivity index (χ4v) is 2.37. The molecule has 0 radical (unpaired) electrons. The predicted octanol–water partition coefficient (Wildman–Crippen LogP) is 1.37. The molecule has 2 N–H and O–H groups in total. The van der Waals surface area contributed by atoms with Crippen LogP contribution in [0.3, 0.4) is 0 Å². The lowest BCUT2D eigenvalue weighted by molar-refractivity contribution is -0.136. The number of nitrogens with one attached hydrogen (secondary N) is 1. The summed E-state index contributed by atoms with van der Waals surface area (Å²) in [5.74, 6) is -1.28. The molecule has 1 aromatic rings. The van der Waals surface area contributed by atoms with Gasteiger partial charge in [0.1, 0.15) is 5.82 Å². The fourth-order valence-electron chi connectivity index (χ4n) is 1.00. The minimum absolute atomic E-state index is 0.126. The Morgan fingerprint density at radius 2 is 2.18 bits per heavy atom. The van der Waals surface area contributed by atoms with Crippen molar-refractivity contribution in [1.82, 2.24) is 4.98 Å². The van der Waals surface area contributed by atoms with Crippen LogP contribution in [-0.4, -0.2) is 29.7 Å². The van der Waals surface area contributed by atoms with E-state index < -0.39 is 21.2 Å². The second-order valence-corrected chi connectivity index (χ2v) is 6.36. The lowest BCUT2D eigenvalue weighted by Gasteiger charge is -2.12. The predicted molar refractivity (Wildman–Crippen MR) is 66.3 cm³/mol. The highest BCUT2D eigenvalue weighted by atomic mass is 79.9. The maximum absolute atomic E-state index is 11.6. The second-order valence-electron chi connectivity index (χ2n) is 3.45. The smallest absolute Gasteiger partial charge is 0.323 e. The van der Waals surface area contributed by atoms with Gasteiger partial charge < -0.3 is 5.11 Å². The highest BCUT2D eigenvalue weighted by molar-refractivity contribution is 9.10. The maximum Gasteiger partial charge on any atom is 0.323 e. The Kier molecular flexibility index (Phi) is 4.10. The van der Waals surface area contributed by atoms with Crippen LogP contribution in [0, 0.1) is 6.92 Å². The molecular weight excluding hydrogens is 312 g/mol. The van der Waals surface area contributed by atoms with E-state index in [0.29, 0.717) is 10.0 Å². The summed E-state index contributed by atoms with van der Waals surface area (Å²) in [6.45, 7) is 2.76. The number of pyridine rings is 1. The lowest BCUT2D eigenvalue weighted by atomic mass is 10.3. The van der Waals surface area contributed by atoms with Gasteiger partial charge in [-0.05, 0) is 41.4 Å². The molecule has 0 fully saturated rings. The van der Waals surface area contributed by atoms with Crippen molar-refractivity contribution in [2.75, 3.05) is 4.72 Å². The van der Waals surface area contributed by atoms with Crippen molar-refractivity contribution in [3.63, 3.8) is 0 Å². The number of aliphatic carboxylic acids is 1. The van der Waals surface area contributed by atoms with Gasteiger partial charge in [0.05, 0.1) is 0 Å². The third kappa shape index (κ3) is 3.40. The zero-order chi connectivity index (χ0) is 13.2. The summed E-state index contributed by atoms with van der Waals surface area (Å²) in [6.07, 6.45) is 1.43. The first-order valence-corrected chi connectivity index (χ1v) is 6.94. The van der Waals surface area contributed by atoms with Gasteiger partial charge in [-0.3, -0.25) is 9.52 Å². The van der Waals surface area contributed by atoms with Crippen molar-refractivity contribution in [3.05, 3.63) is 22.3 Å². The van der Waals surface area contributed by atoms with Crippen LogP contribution in [-0.2, 0) is 14.8 Å². The van der Waals surface area contributed by atoms with Crippen molar-refractivity contribution in [3.8, 4) is 0 Å². The van der Waals surface area contributed by atoms with Crippen LogP contribution >= 0.6 is 15.9 Å². The van der Waals surface area contributed by atoms with E-state index >= 15 is 0 Å². The number of hydrogen-bond donors (Lipinski definition) is 2. The molecule has 17 heavy (non-hydrogen) atoms. The van der Waals surface area contributed by atoms with Crippen LogP contribution in [0.1, 0.15) is 12.5 Å². The third-order valence-electron chi connectivity index (χ3n) is 2.10. The quantitative estimate of drug-likeness (QED) is 0.872. The first kappa shape index (κ1) is 13.9. The van der Waals surface area contributed by atoms with Crippen molar-refractivity contribution < 1.29 is 18.3 Å². The Labute approximate surface area is 107 Å². The van der Waals surface area contributed by atoms with Crippen LogP contribution in [0.15, 0.2) is 16.7 Å². The van der Waals surface area contributed by atoms with Crippen molar-refractivity contribution in [2.24, 2.45) is 0 Å². The Morgan fingerprint density at radius 1 is 1.59 bits per heavy atom. The van der Waals surface area contributed by atoms with E-state index in [1.54, 1.807) is 13.0 Å². The number of aryl methyl sites for hydroxylation is 1. The van der Waals surface area contributed by atoms with Crippen molar-refractivity contribution in [1.29, 1.82) is 0 Å². The summed E-state index contributed by atoms with van der Waals surface area (Å²) in [4.78, 5) is 14.5. The largest absolute Gasteiger partial charge is 0.480 e. The number of anilines is 1. The summed E-state index contributed by atoms with van der Waals surface area (Å²) >= 11 is 3.19. The topological polar surface area (TPSA) is 96.4 Å². The minimum Gasteiger partial charge on any atom is -0.480 e. The van der Waals surface area contributed by atoms with Crippen LogP contribution < -0.4 is 4.72 Å². The van der Waals surface area contributed by atoms with E-state index in [1.165, 1.54) is 6.20 Å². The first-order valence-electron chi connectivity index (χ1n) is 4.60. The molecule has 8 heteroatoms. The first-order chi connectivity index (χ1) is 7.74. The van der Waals surface area contributed by atoms with E-state index in [-0.39, 0.29) is 5.82 Å². The molecule has 94 valence electrons. The Bertz CT molecular complexity index is 544. The van der Waals surface area contributed by atoms with Gasteiger partial charge in [-0.15, -0.1) is 0 Å². The summed E-state index contributed by atoms with van der Waals surface area (Å²) in [5, 5.41) is 7.13. The fraction of sp³-hybridized carbons (Fsp3) is 0.333. The zero-order valence-corrected chi connectivity index (χ0v) is 11.5. The van der Waals surface area contributed by atoms with E-state index in [0.717, 1.165) is 6.92 Å². The standard InChI is InChI=1S/C9H11BrN2O4S/c1-5-3-7(10)4-11-8(5)12-17(15,16)6(2)9(13)14/h3-4,6H,1-2H3,(H,11,12)(H,13,14). The van der Waals surface area contributed by atoms with Crippen molar-refractivity contribution >= 4 is 37.7 Å². The molecular formula is C9H11BrN2O4S. The van der Waals surface area contributed by atoms with Crippen LogP contribution in [0.5, 0.6) is 0 Å².